The normalized spacial score (nSPS) is 20.7. The van der Waals surface area contributed by atoms with Crippen LogP contribution >= 0.6 is 23.2 Å². The summed E-state index contributed by atoms with van der Waals surface area (Å²) in [5.41, 5.74) is 11.2. The molecule has 0 aliphatic heterocycles. The van der Waals surface area contributed by atoms with E-state index in [2.05, 4.69) is 16.4 Å². The van der Waals surface area contributed by atoms with Gasteiger partial charge in [0.2, 0.25) is 0 Å². The molecule has 33 heavy (non-hydrogen) atoms. The lowest BCUT2D eigenvalue weighted by molar-refractivity contribution is 0.0968. The summed E-state index contributed by atoms with van der Waals surface area (Å²) in [6.45, 7) is 2.66. The third-order valence-electron chi connectivity index (χ3n) is 7.22. The molecule has 0 spiro atoms. The zero-order chi connectivity index (χ0) is 23.1. The maximum Gasteiger partial charge on any atom is 0.169 e. The van der Waals surface area contributed by atoms with E-state index in [0.717, 1.165) is 78.4 Å². The second-order valence-electron chi connectivity index (χ2n) is 9.58. The molecule has 0 atom stereocenters. The van der Waals surface area contributed by atoms with Gasteiger partial charge in [-0.05, 0) is 98.9 Å². The number of nitrogens with two attached hydrogens (primary N) is 1. The Balaban J connectivity index is 1.59. The Labute approximate surface area is 204 Å². The standard InChI is InChI=1S/C27H29Cl2N3O/c1-15-23(28)11-19(12-24(15)29)18-6-9-25-21(10-18)26(22(14-31-25)27(33)17-4-5-17)32-20-7-2-16(13-30)3-8-20/h6,9-12,14,16-17,20H,2-5,7-8,13,30H2,1H3,(H,31,32). The van der Waals surface area contributed by atoms with Gasteiger partial charge in [0.15, 0.2) is 5.78 Å². The molecule has 2 aliphatic carbocycles. The fourth-order valence-corrected chi connectivity index (χ4v) is 5.33. The van der Waals surface area contributed by atoms with E-state index in [0.29, 0.717) is 27.6 Å². The van der Waals surface area contributed by atoms with Crippen molar-refractivity contribution in [2.45, 2.75) is 51.5 Å². The van der Waals surface area contributed by atoms with Gasteiger partial charge in [-0.2, -0.15) is 0 Å². The van der Waals surface area contributed by atoms with Crippen LogP contribution in [-0.4, -0.2) is 23.4 Å². The van der Waals surface area contributed by atoms with E-state index < -0.39 is 0 Å². The summed E-state index contributed by atoms with van der Waals surface area (Å²) in [4.78, 5) is 17.8. The van der Waals surface area contributed by atoms with Crippen LogP contribution in [-0.2, 0) is 0 Å². The highest BCUT2D eigenvalue weighted by molar-refractivity contribution is 6.36. The molecule has 5 rings (SSSR count). The topological polar surface area (TPSA) is 68.0 Å². The first kappa shape index (κ1) is 22.6. The molecule has 0 amide bonds. The molecule has 4 nitrogen and oxygen atoms in total. The monoisotopic (exact) mass is 481 g/mol. The minimum Gasteiger partial charge on any atom is -0.381 e. The molecule has 6 heteroatoms. The van der Waals surface area contributed by atoms with Crippen LogP contribution in [0.25, 0.3) is 22.0 Å². The minimum atomic E-state index is 0.135. The molecular weight excluding hydrogens is 453 g/mol. The summed E-state index contributed by atoms with van der Waals surface area (Å²) in [6, 6.07) is 10.4. The second-order valence-corrected chi connectivity index (χ2v) is 10.4. The third-order valence-corrected chi connectivity index (χ3v) is 8.01. The molecular formula is C27H29Cl2N3O. The van der Waals surface area contributed by atoms with E-state index in [1.54, 1.807) is 6.20 Å². The van der Waals surface area contributed by atoms with Crippen LogP contribution in [0.3, 0.4) is 0 Å². The van der Waals surface area contributed by atoms with Crippen molar-refractivity contribution in [1.29, 1.82) is 0 Å². The number of hydrogen-bond donors (Lipinski definition) is 2. The third kappa shape index (κ3) is 4.62. The molecule has 0 bridgehead atoms. The molecule has 0 radical (unpaired) electrons. The number of benzene rings is 2. The van der Waals surface area contributed by atoms with E-state index in [1.807, 2.05) is 31.2 Å². The summed E-state index contributed by atoms with van der Waals surface area (Å²) in [5, 5.41) is 6.01. The van der Waals surface area contributed by atoms with Crippen LogP contribution in [0.4, 0.5) is 5.69 Å². The van der Waals surface area contributed by atoms with Gasteiger partial charge >= 0.3 is 0 Å². The van der Waals surface area contributed by atoms with Crippen molar-refractivity contribution >= 4 is 45.6 Å². The number of ketones is 1. The van der Waals surface area contributed by atoms with E-state index >= 15 is 0 Å². The first-order chi connectivity index (χ1) is 15.9. The maximum atomic E-state index is 13.2. The number of pyridine rings is 1. The van der Waals surface area contributed by atoms with Crippen molar-refractivity contribution in [3.8, 4) is 11.1 Å². The highest BCUT2D eigenvalue weighted by atomic mass is 35.5. The van der Waals surface area contributed by atoms with E-state index in [-0.39, 0.29) is 11.7 Å². The van der Waals surface area contributed by atoms with Crippen LogP contribution in [0, 0.1) is 18.8 Å². The van der Waals surface area contributed by atoms with E-state index in [1.165, 1.54) is 0 Å². The zero-order valence-electron chi connectivity index (χ0n) is 18.8. The highest BCUT2D eigenvalue weighted by Gasteiger charge is 2.33. The lowest BCUT2D eigenvalue weighted by Gasteiger charge is -2.30. The van der Waals surface area contributed by atoms with Crippen LogP contribution in [0.15, 0.2) is 36.5 Å². The van der Waals surface area contributed by atoms with Gasteiger partial charge in [0, 0.05) is 33.6 Å². The Morgan fingerprint density at radius 1 is 1.03 bits per heavy atom. The Morgan fingerprint density at radius 2 is 1.73 bits per heavy atom. The Bertz CT molecular complexity index is 1190. The lowest BCUT2D eigenvalue weighted by atomic mass is 9.85. The summed E-state index contributed by atoms with van der Waals surface area (Å²) < 4.78 is 0. The van der Waals surface area contributed by atoms with Crippen molar-refractivity contribution in [3.63, 3.8) is 0 Å². The molecule has 0 unspecified atom stereocenters. The van der Waals surface area contributed by atoms with Gasteiger partial charge in [-0.1, -0.05) is 29.3 Å². The molecule has 2 fully saturated rings. The molecule has 1 aromatic heterocycles. The van der Waals surface area contributed by atoms with Crippen LogP contribution in [0.1, 0.15) is 54.4 Å². The molecule has 2 aliphatic rings. The SMILES string of the molecule is Cc1c(Cl)cc(-c2ccc3ncc(C(=O)C4CC4)c(NC4CCC(CN)CC4)c3c2)cc1Cl. The van der Waals surface area contributed by atoms with Crippen molar-refractivity contribution < 1.29 is 4.79 Å². The number of carbonyl (C=O) groups excluding carboxylic acids is 1. The average molecular weight is 482 g/mol. The van der Waals surface area contributed by atoms with Gasteiger partial charge in [0.05, 0.1) is 16.8 Å². The van der Waals surface area contributed by atoms with Crippen molar-refractivity contribution in [1.82, 2.24) is 4.98 Å². The predicted octanol–water partition coefficient (Wildman–Crippen LogP) is 7.04. The van der Waals surface area contributed by atoms with Gasteiger partial charge in [-0.3, -0.25) is 9.78 Å². The van der Waals surface area contributed by atoms with Crippen molar-refractivity contribution in [2.75, 3.05) is 11.9 Å². The number of carbonyl (C=O) groups is 1. The Kier molecular flexibility index (Phi) is 6.34. The zero-order valence-corrected chi connectivity index (χ0v) is 20.3. The van der Waals surface area contributed by atoms with Gasteiger partial charge in [0.25, 0.3) is 0 Å². The number of fused-ring (bicyclic) bond motifs is 1. The maximum absolute atomic E-state index is 13.2. The summed E-state index contributed by atoms with van der Waals surface area (Å²) in [7, 11) is 0. The van der Waals surface area contributed by atoms with Gasteiger partial charge in [-0.15, -0.1) is 0 Å². The highest BCUT2D eigenvalue weighted by Crippen LogP contribution is 2.39. The van der Waals surface area contributed by atoms with Crippen LogP contribution in [0.5, 0.6) is 0 Å². The van der Waals surface area contributed by atoms with Crippen molar-refractivity contribution in [2.24, 2.45) is 17.6 Å². The fourth-order valence-electron chi connectivity index (χ4n) is 4.84. The van der Waals surface area contributed by atoms with Crippen LogP contribution < -0.4 is 11.1 Å². The molecule has 1 heterocycles. The first-order valence-corrected chi connectivity index (χ1v) is 12.6. The largest absolute Gasteiger partial charge is 0.381 e. The molecule has 2 aromatic carbocycles. The molecule has 0 saturated heterocycles. The molecule has 3 aromatic rings. The fraction of sp³-hybridized carbons (Fsp3) is 0.407. The number of hydrogen-bond acceptors (Lipinski definition) is 4. The van der Waals surface area contributed by atoms with Gasteiger partial charge in [-0.25, -0.2) is 0 Å². The summed E-state index contributed by atoms with van der Waals surface area (Å²) in [5.74, 6) is 0.942. The predicted molar refractivity (Wildman–Crippen MR) is 137 cm³/mol. The molecule has 3 N–H and O–H groups in total. The number of rotatable bonds is 6. The number of nitrogens with zero attached hydrogens (tertiary/aromatic N) is 1. The Morgan fingerprint density at radius 3 is 2.36 bits per heavy atom. The summed E-state index contributed by atoms with van der Waals surface area (Å²) in [6.07, 6.45) is 8.06. The van der Waals surface area contributed by atoms with Crippen LogP contribution in [0.2, 0.25) is 10.0 Å². The van der Waals surface area contributed by atoms with Gasteiger partial charge in [0.1, 0.15) is 0 Å². The first-order valence-electron chi connectivity index (χ1n) is 11.8. The number of halogens is 2. The molecule has 2 saturated carbocycles. The minimum absolute atomic E-state index is 0.135. The van der Waals surface area contributed by atoms with E-state index in [4.69, 9.17) is 28.9 Å². The lowest BCUT2D eigenvalue weighted by Crippen LogP contribution is -2.29. The summed E-state index contributed by atoms with van der Waals surface area (Å²) >= 11 is 12.8. The quantitative estimate of drug-likeness (QED) is 0.370. The Hall–Kier alpha value is -2.14. The van der Waals surface area contributed by atoms with E-state index in [9.17, 15) is 4.79 Å². The number of Topliss-reactive ketones (excluding diaryl/α,β-unsaturated/α-hetero) is 1. The average Bonchev–Trinajstić information content (AvgIpc) is 3.68. The number of anilines is 1. The van der Waals surface area contributed by atoms with Crippen molar-refractivity contribution in [3.05, 3.63) is 57.7 Å². The number of nitrogens with one attached hydrogen (secondary N) is 1. The molecule has 172 valence electrons. The number of aromatic nitrogens is 1. The second kappa shape index (κ2) is 9.25. The van der Waals surface area contributed by atoms with Gasteiger partial charge < -0.3 is 11.1 Å². The smallest absolute Gasteiger partial charge is 0.169 e.